The number of benzene rings is 1. The number of hydrogen-bond donors (Lipinski definition) is 1. The Morgan fingerprint density at radius 2 is 1.93 bits per heavy atom. The SMILES string of the molecule is O=C(CCn1cnc2sc3c(c2c1=O)CCCC3)NCCc1cc(Cl)cc(Cl)c1. The predicted octanol–water partition coefficient (Wildman–Crippen LogP) is 4.39. The number of rotatable bonds is 6. The quantitative estimate of drug-likeness (QED) is 0.606. The van der Waals surface area contributed by atoms with Crippen molar-refractivity contribution in [3.63, 3.8) is 0 Å². The maximum atomic E-state index is 12.9. The first-order valence-electron chi connectivity index (χ1n) is 9.72. The molecule has 1 aliphatic carbocycles. The summed E-state index contributed by atoms with van der Waals surface area (Å²) in [5.41, 5.74) is 2.11. The van der Waals surface area contributed by atoms with Crippen LogP contribution in [0.2, 0.25) is 10.0 Å². The molecule has 4 rings (SSSR count). The summed E-state index contributed by atoms with van der Waals surface area (Å²) in [6, 6.07) is 5.35. The summed E-state index contributed by atoms with van der Waals surface area (Å²) in [5, 5.41) is 4.80. The molecule has 0 radical (unpaired) electrons. The summed E-state index contributed by atoms with van der Waals surface area (Å²) < 4.78 is 1.56. The molecular weight excluding hydrogens is 429 g/mol. The molecule has 2 heterocycles. The zero-order valence-corrected chi connectivity index (χ0v) is 18.2. The van der Waals surface area contributed by atoms with Crippen LogP contribution in [0.25, 0.3) is 10.2 Å². The maximum absolute atomic E-state index is 12.9. The van der Waals surface area contributed by atoms with Gasteiger partial charge in [0.15, 0.2) is 0 Å². The van der Waals surface area contributed by atoms with E-state index in [1.54, 1.807) is 28.3 Å². The van der Waals surface area contributed by atoms with Gasteiger partial charge in [0.25, 0.3) is 5.56 Å². The van der Waals surface area contributed by atoms with Gasteiger partial charge in [-0.2, -0.15) is 0 Å². The Bertz CT molecular complexity index is 1100. The van der Waals surface area contributed by atoms with Crippen LogP contribution in [0.15, 0.2) is 29.3 Å². The van der Waals surface area contributed by atoms with Gasteiger partial charge in [-0.1, -0.05) is 23.2 Å². The number of nitrogens with zero attached hydrogens (tertiary/aromatic N) is 2. The Balaban J connectivity index is 1.36. The van der Waals surface area contributed by atoms with E-state index in [0.29, 0.717) is 29.6 Å². The molecule has 1 aromatic carbocycles. The highest BCUT2D eigenvalue weighted by molar-refractivity contribution is 7.18. The Morgan fingerprint density at radius 3 is 2.72 bits per heavy atom. The van der Waals surface area contributed by atoms with E-state index in [2.05, 4.69) is 10.3 Å². The van der Waals surface area contributed by atoms with E-state index in [0.717, 1.165) is 35.0 Å². The fourth-order valence-electron chi connectivity index (χ4n) is 3.75. The molecule has 1 aliphatic rings. The smallest absolute Gasteiger partial charge is 0.262 e. The molecule has 152 valence electrons. The van der Waals surface area contributed by atoms with Crippen molar-refractivity contribution in [3.05, 3.63) is 60.9 Å². The van der Waals surface area contributed by atoms with Gasteiger partial charge in [0.2, 0.25) is 5.91 Å². The van der Waals surface area contributed by atoms with Gasteiger partial charge in [-0.25, -0.2) is 4.98 Å². The lowest BCUT2D eigenvalue weighted by Gasteiger charge is -2.10. The van der Waals surface area contributed by atoms with Crippen LogP contribution in [0.5, 0.6) is 0 Å². The van der Waals surface area contributed by atoms with Crippen molar-refractivity contribution < 1.29 is 4.79 Å². The number of fused-ring (bicyclic) bond motifs is 3. The highest BCUT2D eigenvalue weighted by Gasteiger charge is 2.20. The molecule has 8 heteroatoms. The van der Waals surface area contributed by atoms with Crippen molar-refractivity contribution in [1.29, 1.82) is 0 Å². The molecule has 1 N–H and O–H groups in total. The third-order valence-electron chi connectivity index (χ3n) is 5.18. The number of carbonyl (C=O) groups excluding carboxylic acids is 1. The number of amides is 1. The number of aryl methyl sites for hydroxylation is 3. The monoisotopic (exact) mass is 449 g/mol. The first-order chi connectivity index (χ1) is 14.0. The Morgan fingerprint density at radius 1 is 1.17 bits per heavy atom. The van der Waals surface area contributed by atoms with Crippen molar-refractivity contribution in [2.75, 3.05) is 6.54 Å². The highest BCUT2D eigenvalue weighted by atomic mass is 35.5. The van der Waals surface area contributed by atoms with E-state index in [9.17, 15) is 9.59 Å². The average molecular weight is 450 g/mol. The van der Waals surface area contributed by atoms with E-state index >= 15 is 0 Å². The molecule has 0 atom stereocenters. The summed E-state index contributed by atoms with van der Waals surface area (Å²) in [6.07, 6.45) is 6.72. The topological polar surface area (TPSA) is 64.0 Å². The molecule has 0 saturated heterocycles. The molecule has 2 aromatic heterocycles. The van der Waals surface area contributed by atoms with Crippen LogP contribution in [-0.2, 0) is 30.6 Å². The number of aromatic nitrogens is 2. The zero-order chi connectivity index (χ0) is 20.4. The van der Waals surface area contributed by atoms with Crippen LogP contribution < -0.4 is 10.9 Å². The molecule has 3 aromatic rings. The second kappa shape index (κ2) is 8.86. The van der Waals surface area contributed by atoms with Crippen LogP contribution in [0.3, 0.4) is 0 Å². The minimum atomic E-state index is -0.0996. The maximum Gasteiger partial charge on any atom is 0.262 e. The highest BCUT2D eigenvalue weighted by Crippen LogP contribution is 2.33. The van der Waals surface area contributed by atoms with Gasteiger partial charge in [0.1, 0.15) is 4.83 Å². The minimum absolute atomic E-state index is 0.0317. The second-order valence-electron chi connectivity index (χ2n) is 7.26. The number of carbonyl (C=O) groups is 1. The molecule has 0 aliphatic heterocycles. The van der Waals surface area contributed by atoms with Gasteiger partial charge in [0, 0.05) is 34.4 Å². The van der Waals surface area contributed by atoms with Crippen molar-refractivity contribution >= 4 is 50.7 Å². The van der Waals surface area contributed by atoms with Crippen LogP contribution >= 0.6 is 34.5 Å². The van der Waals surface area contributed by atoms with Crippen molar-refractivity contribution in [2.45, 2.75) is 45.1 Å². The number of hydrogen-bond acceptors (Lipinski definition) is 4. The number of halogens is 2. The van der Waals surface area contributed by atoms with E-state index in [1.807, 2.05) is 12.1 Å². The molecule has 0 bridgehead atoms. The third-order valence-corrected chi connectivity index (χ3v) is 6.82. The Hall–Kier alpha value is -1.89. The summed E-state index contributed by atoms with van der Waals surface area (Å²) in [6.45, 7) is 0.806. The van der Waals surface area contributed by atoms with Gasteiger partial charge < -0.3 is 5.32 Å². The fourth-order valence-corrected chi connectivity index (χ4v) is 5.54. The first-order valence-corrected chi connectivity index (χ1v) is 11.3. The molecule has 0 fully saturated rings. The van der Waals surface area contributed by atoms with Crippen LogP contribution in [0.1, 0.15) is 35.3 Å². The molecule has 0 unspecified atom stereocenters. The molecule has 5 nitrogen and oxygen atoms in total. The fraction of sp³-hybridized carbons (Fsp3) is 0.381. The number of nitrogens with one attached hydrogen (secondary N) is 1. The van der Waals surface area contributed by atoms with Crippen LogP contribution in [0, 0.1) is 0 Å². The third kappa shape index (κ3) is 4.65. The first kappa shape index (κ1) is 20.4. The standard InChI is InChI=1S/C21H21Cl2N3O2S/c22-14-9-13(10-15(23)11-14)5-7-24-18(27)6-8-26-12-25-20-19(21(26)28)16-3-1-2-4-17(16)29-20/h9-12H,1-8H2,(H,24,27). The van der Waals surface area contributed by atoms with Gasteiger partial charge in [-0.05, 0) is 61.4 Å². The predicted molar refractivity (Wildman–Crippen MR) is 118 cm³/mol. The van der Waals surface area contributed by atoms with E-state index < -0.39 is 0 Å². The van der Waals surface area contributed by atoms with Crippen molar-refractivity contribution in [1.82, 2.24) is 14.9 Å². The second-order valence-corrected chi connectivity index (χ2v) is 9.22. The van der Waals surface area contributed by atoms with Gasteiger partial charge in [0.05, 0.1) is 11.7 Å². The minimum Gasteiger partial charge on any atom is -0.356 e. The van der Waals surface area contributed by atoms with Gasteiger partial charge >= 0.3 is 0 Å². The molecular formula is C21H21Cl2N3O2S. The number of thiophene rings is 1. The van der Waals surface area contributed by atoms with Gasteiger partial charge in [-0.3, -0.25) is 14.2 Å². The van der Waals surface area contributed by atoms with E-state index in [4.69, 9.17) is 23.2 Å². The lowest BCUT2D eigenvalue weighted by molar-refractivity contribution is -0.121. The van der Waals surface area contributed by atoms with Crippen LogP contribution in [-0.4, -0.2) is 22.0 Å². The van der Waals surface area contributed by atoms with Crippen LogP contribution in [0.4, 0.5) is 0 Å². The normalized spacial score (nSPS) is 13.4. The Labute approximate surface area is 182 Å². The summed E-state index contributed by atoms with van der Waals surface area (Å²) in [4.78, 5) is 31.7. The summed E-state index contributed by atoms with van der Waals surface area (Å²) in [5.74, 6) is -0.0996. The summed E-state index contributed by atoms with van der Waals surface area (Å²) >= 11 is 13.6. The van der Waals surface area contributed by atoms with Crippen molar-refractivity contribution in [2.24, 2.45) is 0 Å². The molecule has 0 saturated carbocycles. The zero-order valence-electron chi connectivity index (χ0n) is 15.8. The van der Waals surface area contributed by atoms with Gasteiger partial charge in [-0.15, -0.1) is 11.3 Å². The molecule has 0 spiro atoms. The van der Waals surface area contributed by atoms with E-state index in [-0.39, 0.29) is 17.9 Å². The Kier molecular flexibility index (Phi) is 6.23. The summed E-state index contributed by atoms with van der Waals surface area (Å²) in [7, 11) is 0. The molecule has 29 heavy (non-hydrogen) atoms. The average Bonchev–Trinajstić information content (AvgIpc) is 3.06. The largest absolute Gasteiger partial charge is 0.356 e. The van der Waals surface area contributed by atoms with E-state index in [1.165, 1.54) is 16.9 Å². The molecule has 1 amide bonds. The lowest BCUT2D eigenvalue weighted by Crippen LogP contribution is -2.29. The lowest BCUT2D eigenvalue weighted by atomic mass is 9.97. The van der Waals surface area contributed by atoms with Crippen molar-refractivity contribution in [3.8, 4) is 0 Å².